The van der Waals surface area contributed by atoms with Crippen molar-refractivity contribution >= 4 is 17.4 Å². The highest BCUT2D eigenvalue weighted by Crippen LogP contribution is 2.31. The topological polar surface area (TPSA) is 67.8 Å². The Bertz CT molecular complexity index is 606. The Morgan fingerprint density at radius 1 is 1.32 bits per heavy atom. The molecule has 0 bridgehead atoms. The largest absolute Gasteiger partial charge is 0.483 e. The molecule has 5 heteroatoms. The summed E-state index contributed by atoms with van der Waals surface area (Å²) in [6.07, 6.45) is 1.61. The minimum atomic E-state index is -0.327. The van der Waals surface area contributed by atoms with Gasteiger partial charge in [-0.25, -0.2) is 5.43 Å². The van der Waals surface area contributed by atoms with E-state index in [1.54, 1.807) is 0 Å². The summed E-state index contributed by atoms with van der Waals surface area (Å²) >= 11 is 0. The van der Waals surface area contributed by atoms with Crippen LogP contribution in [0.4, 0.5) is 0 Å². The molecule has 1 N–H and O–H groups in total. The van der Waals surface area contributed by atoms with Crippen molar-refractivity contribution < 1.29 is 14.3 Å². The van der Waals surface area contributed by atoms with E-state index in [-0.39, 0.29) is 23.7 Å². The van der Waals surface area contributed by atoms with E-state index in [9.17, 15) is 9.59 Å². The lowest BCUT2D eigenvalue weighted by atomic mass is 9.76. The molecule has 0 heterocycles. The molecule has 1 aliphatic rings. The van der Waals surface area contributed by atoms with Crippen LogP contribution in [-0.4, -0.2) is 24.0 Å². The molecule has 5 nitrogen and oxygen atoms in total. The van der Waals surface area contributed by atoms with Crippen LogP contribution in [0.15, 0.2) is 29.4 Å². The predicted molar refractivity (Wildman–Crippen MR) is 84.9 cm³/mol. The van der Waals surface area contributed by atoms with Crippen LogP contribution < -0.4 is 10.2 Å². The number of nitrogens with zero attached hydrogens (tertiary/aromatic N) is 1. The van der Waals surface area contributed by atoms with Gasteiger partial charge in [0.2, 0.25) is 0 Å². The minimum absolute atomic E-state index is 0.0868. The number of aryl methyl sites for hydroxylation is 1. The maximum atomic E-state index is 11.8. The van der Waals surface area contributed by atoms with Crippen molar-refractivity contribution in [2.24, 2.45) is 10.5 Å². The van der Waals surface area contributed by atoms with Crippen LogP contribution in [0.25, 0.3) is 0 Å². The lowest BCUT2D eigenvalue weighted by Gasteiger charge is -2.28. The molecule has 1 amide bonds. The molecule has 1 fully saturated rings. The van der Waals surface area contributed by atoms with E-state index in [4.69, 9.17) is 4.74 Å². The summed E-state index contributed by atoms with van der Waals surface area (Å²) in [4.78, 5) is 23.4. The van der Waals surface area contributed by atoms with Crippen molar-refractivity contribution in [2.45, 2.75) is 40.0 Å². The van der Waals surface area contributed by atoms with Gasteiger partial charge in [-0.15, -0.1) is 0 Å². The summed E-state index contributed by atoms with van der Waals surface area (Å²) in [6, 6.07) is 7.51. The third-order valence-electron chi connectivity index (χ3n) is 3.55. The number of carbonyl (C=O) groups is 2. The van der Waals surface area contributed by atoms with Gasteiger partial charge in [-0.05, 0) is 30.4 Å². The second-order valence-electron chi connectivity index (χ2n) is 6.50. The summed E-state index contributed by atoms with van der Waals surface area (Å²) in [6.45, 7) is 5.88. The summed E-state index contributed by atoms with van der Waals surface area (Å²) < 4.78 is 5.45. The van der Waals surface area contributed by atoms with Gasteiger partial charge in [-0.3, -0.25) is 9.59 Å². The number of ketones is 1. The predicted octanol–water partition coefficient (Wildman–Crippen LogP) is 2.63. The molecule has 2 rings (SSSR count). The van der Waals surface area contributed by atoms with E-state index >= 15 is 0 Å². The first-order valence-electron chi connectivity index (χ1n) is 7.40. The zero-order valence-electron chi connectivity index (χ0n) is 13.3. The fourth-order valence-electron chi connectivity index (χ4n) is 2.62. The summed E-state index contributed by atoms with van der Waals surface area (Å²) in [5.74, 6) is 0.520. The highest BCUT2D eigenvalue weighted by molar-refractivity contribution is 6.05. The van der Waals surface area contributed by atoms with E-state index < -0.39 is 0 Å². The molecular weight excluding hydrogens is 280 g/mol. The minimum Gasteiger partial charge on any atom is -0.483 e. The Hall–Kier alpha value is -2.17. The molecular formula is C17H22N2O3. The van der Waals surface area contributed by atoms with Crippen LogP contribution in [0.1, 0.15) is 38.7 Å². The SMILES string of the molecule is Cc1ccccc1OCC(=O)N/N=C1/CC(=O)CC(C)(C)C1. The van der Waals surface area contributed by atoms with Crippen molar-refractivity contribution in [1.29, 1.82) is 0 Å². The van der Waals surface area contributed by atoms with Gasteiger partial charge < -0.3 is 4.74 Å². The molecule has 118 valence electrons. The first kappa shape index (κ1) is 16.2. The van der Waals surface area contributed by atoms with Crippen LogP contribution >= 0.6 is 0 Å². The maximum Gasteiger partial charge on any atom is 0.277 e. The Morgan fingerprint density at radius 3 is 2.73 bits per heavy atom. The standard InChI is InChI=1S/C17H22N2O3/c1-12-6-4-5-7-15(12)22-11-16(21)19-18-13-8-14(20)10-17(2,3)9-13/h4-7H,8-11H2,1-3H3,(H,19,21)/b18-13-. The van der Waals surface area contributed by atoms with Crippen LogP contribution in [0.3, 0.4) is 0 Å². The molecule has 0 radical (unpaired) electrons. The Balaban J connectivity index is 1.86. The highest BCUT2D eigenvalue weighted by atomic mass is 16.5. The van der Waals surface area contributed by atoms with Crippen molar-refractivity contribution in [1.82, 2.24) is 5.43 Å². The summed E-state index contributed by atoms with van der Waals surface area (Å²) in [5.41, 5.74) is 4.09. The number of hydrazone groups is 1. The summed E-state index contributed by atoms with van der Waals surface area (Å²) in [7, 11) is 0. The van der Waals surface area contributed by atoms with E-state index in [2.05, 4.69) is 10.5 Å². The number of hydrogen-bond acceptors (Lipinski definition) is 4. The molecule has 0 aliphatic heterocycles. The summed E-state index contributed by atoms with van der Waals surface area (Å²) in [5, 5.41) is 4.08. The van der Waals surface area contributed by atoms with E-state index in [0.717, 1.165) is 17.7 Å². The third-order valence-corrected chi connectivity index (χ3v) is 3.55. The van der Waals surface area contributed by atoms with Gasteiger partial charge in [0.05, 0.1) is 0 Å². The Kier molecular flexibility index (Phi) is 4.96. The van der Waals surface area contributed by atoms with Gasteiger partial charge in [-0.2, -0.15) is 5.10 Å². The second kappa shape index (κ2) is 6.73. The van der Waals surface area contributed by atoms with E-state index in [0.29, 0.717) is 18.6 Å². The first-order chi connectivity index (χ1) is 10.4. The molecule has 22 heavy (non-hydrogen) atoms. The molecule has 1 saturated carbocycles. The quantitative estimate of drug-likeness (QED) is 0.869. The number of hydrogen-bond donors (Lipinski definition) is 1. The van der Waals surface area contributed by atoms with Gasteiger partial charge in [0.1, 0.15) is 11.5 Å². The number of amides is 1. The second-order valence-corrected chi connectivity index (χ2v) is 6.50. The Morgan fingerprint density at radius 2 is 2.05 bits per heavy atom. The lowest BCUT2D eigenvalue weighted by Crippen LogP contribution is -2.32. The van der Waals surface area contributed by atoms with Crippen LogP contribution in [-0.2, 0) is 9.59 Å². The average Bonchev–Trinajstić information content (AvgIpc) is 2.42. The lowest BCUT2D eigenvalue weighted by molar-refractivity contribution is -0.123. The number of nitrogens with one attached hydrogen (secondary N) is 1. The molecule has 1 aromatic rings. The number of rotatable bonds is 4. The van der Waals surface area contributed by atoms with Crippen molar-refractivity contribution in [3.63, 3.8) is 0 Å². The Labute approximate surface area is 130 Å². The number of carbonyl (C=O) groups excluding carboxylic acids is 2. The van der Waals surface area contributed by atoms with E-state index in [1.807, 2.05) is 45.0 Å². The van der Waals surface area contributed by atoms with Gasteiger partial charge in [0.25, 0.3) is 5.91 Å². The fraction of sp³-hybridized carbons (Fsp3) is 0.471. The maximum absolute atomic E-state index is 11.8. The number of ether oxygens (including phenoxy) is 1. The van der Waals surface area contributed by atoms with Crippen LogP contribution in [0.5, 0.6) is 5.75 Å². The first-order valence-corrected chi connectivity index (χ1v) is 7.40. The molecule has 1 aromatic carbocycles. The zero-order valence-corrected chi connectivity index (χ0v) is 13.3. The number of Topliss-reactive ketones (excluding diaryl/α,β-unsaturated/α-hetero) is 1. The molecule has 1 aliphatic carbocycles. The van der Waals surface area contributed by atoms with E-state index in [1.165, 1.54) is 0 Å². The normalized spacial score (nSPS) is 19.0. The fourth-order valence-corrected chi connectivity index (χ4v) is 2.62. The van der Waals surface area contributed by atoms with Gasteiger partial charge in [0.15, 0.2) is 6.61 Å². The number of benzene rings is 1. The zero-order chi connectivity index (χ0) is 16.2. The van der Waals surface area contributed by atoms with Crippen molar-refractivity contribution in [2.75, 3.05) is 6.61 Å². The van der Waals surface area contributed by atoms with Crippen molar-refractivity contribution in [3.8, 4) is 5.75 Å². The van der Waals surface area contributed by atoms with Crippen molar-refractivity contribution in [3.05, 3.63) is 29.8 Å². The van der Waals surface area contributed by atoms with Crippen LogP contribution in [0.2, 0.25) is 0 Å². The van der Waals surface area contributed by atoms with Gasteiger partial charge >= 0.3 is 0 Å². The van der Waals surface area contributed by atoms with Crippen LogP contribution in [0, 0.1) is 12.3 Å². The molecule has 0 saturated heterocycles. The highest BCUT2D eigenvalue weighted by Gasteiger charge is 2.30. The van der Waals surface area contributed by atoms with Gasteiger partial charge in [0, 0.05) is 18.6 Å². The number of para-hydroxylation sites is 1. The molecule has 0 unspecified atom stereocenters. The van der Waals surface area contributed by atoms with Gasteiger partial charge in [-0.1, -0.05) is 32.0 Å². The smallest absolute Gasteiger partial charge is 0.277 e. The third kappa shape index (κ3) is 4.69. The monoisotopic (exact) mass is 302 g/mol. The molecule has 0 aromatic heterocycles. The molecule has 0 atom stereocenters. The molecule has 0 spiro atoms. The average molecular weight is 302 g/mol.